The van der Waals surface area contributed by atoms with Crippen LogP contribution in [0.25, 0.3) is 0 Å². The van der Waals surface area contributed by atoms with Gasteiger partial charge in [0.1, 0.15) is 5.69 Å². The molecule has 3 rings (SSSR count). The first-order valence-corrected chi connectivity index (χ1v) is 11.1. The van der Waals surface area contributed by atoms with Gasteiger partial charge >= 0.3 is 0 Å². The average Bonchev–Trinajstić information content (AvgIpc) is 3.23. The molecular formula is C18H27N3O6S. The van der Waals surface area contributed by atoms with Crippen LogP contribution in [0, 0.1) is 16.0 Å². The van der Waals surface area contributed by atoms with Crippen molar-refractivity contribution in [1.29, 1.82) is 0 Å². The summed E-state index contributed by atoms with van der Waals surface area (Å²) in [6.45, 7) is 6.49. The highest BCUT2D eigenvalue weighted by molar-refractivity contribution is 7.89. The van der Waals surface area contributed by atoms with E-state index in [2.05, 4.69) is 0 Å². The molecule has 1 aromatic carbocycles. The summed E-state index contributed by atoms with van der Waals surface area (Å²) in [4.78, 5) is 13.1. The zero-order valence-corrected chi connectivity index (χ0v) is 17.1. The minimum Gasteiger partial charge on any atom is -0.366 e. The van der Waals surface area contributed by atoms with Crippen molar-refractivity contribution in [2.75, 3.05) is 44.3 Å². The van der Waals surface area contributed by atoms with Gasteiger partial charge in [-0.25, -0.2) is 8.42 Å². The van der Waals surface area contributed by atoms with Gasteiger partial charge in [0.15, 0.2) is 6.29 Å². The van der Waals surface area contributed by atoms with Crippen LogP contribution >= 0.6 is 0 Å². The Hall–Kier alpha value is -1.75. The summed E-state index contributed by atoms with van der Waals surface area (Å²) < 4.78 is 38.0. The topological polar surface area (TPSA) is 102 Å². The zero-order chi connectivity index (χ0) is 20.3. The molecule has 10 heteroatoms. The number of benzene rings is 1. The van der Waals surface area contributed by atoms with E-state index in [1.54, 1.807) is 19.9 Å². The molecule has 0 amide bonds. The van der Waals surface area contributed by atoms with Crippen molar-refractivity contribution in [3.8, 4) is 0 Å². The lowest BCUT2D eigenvalue weighted by Crippen LogP contribution is -2.41. The van der Waals surface area contributed by atoms with Crippen LogP contribution in [0.1, 0.15) is 26.7 Å². The van der Waals surface area contributed by atoms with E-state index in [0.29, 0.717) is 45.1 Å². The Kier molecular flexibility index (Phi) is 6.54. The van der Waals surface area contributed by atoms with Crippen LogP contribution in [0.15, 0.2) is 23.1 Å². The summed E-state index contributed by atoms with van der Waals surface area (Å²) in [6.07, 6.45) is 1.53. The molecule has 2 saturated heterocycles. The van der Waals surface area contributed by atoms with Crippen molar-refractivity contribution in [2.45, 2.75) is 37.9 Å². The Balaban J connectivity index is 1.90. The second-order valence-electron chi connectivity index (χ2n) is 6.96. The zero-order valence-electron chi connectivity index (χ0n) is 16.2. The maximum Gasteiger partial charge on any atom is 0.293 e. The summed E-state index contributed by atoms with van der Waals surface area (Å²) in [6, 6.07) is 4.19. The molecule has 0 aromatic heterocycles. The highest BCUT2D eigenvalue weighted by Gasteiger charge is 2.34. The summed E-state index contributed by atoms with van der Waals surface area (Å²) in [7, 11) is -3.76. The molecule has 0 saturated carbocycles. The first-order valence-electron chi connectivity index (χ1n) is 9.65. The molecular weight excluding hydrogens is 386 g/mol. The molecule has 0 radical (unpaired) electrons. The highest BCUT2D eigenvalue weighted by Crippen LogP contribution is 2.35. The fraction of sp³-hybridized carbons (Fsp3) is 0.667. The first kappa shape index (κ1) is 21.0. The van der Waals surface area contributed by atoms with Gasteiger partial charge in [0.05, 0.1) is 23.0 Å². The smallest absolute Gasteiger partial charge is 0.293 e. The van der Waals surface area contributed by atoms with Gasteiger partial charge in [-0.3, -0.25) is 10.1 Å². The third-order valence-corrected chi connectivity index (χ3v) is 7.36. The van der Waals surface area contributed by atoms with Gasteiger partial charge in [0.2, 0.25) is 10.0 Å². The lowest BCUT2D eigenvalue weighted by atomic mass is 9.96. The molecule has 0 bridgehead atoms. The number of nitro groups is 1. The molecule has 0 aliphatic carbocycles. The Bertz CT molecular complexity index is 806. The van der Waals surface area contributed by atoms with E-state index in [9.17, 15) is 18.5 Å². The number of sulfonamides is 1. The summed E-state index contributed by atoms with van der Waals surface area (Å²) in [5, 5.41) is 11.7. The molecule has 2 aliphatic rings. The van der Waals surface area contributed by atoms with Crippen molar-refractivity contribution in [1.82, 2.24) is 4.31 Å². The summed E-state index contributed by atoms with van der Waals surface area (Å²) in [5.74, 6) is 0.134. The molecule has 28 heavy (non-hydrogen) atoms. The lowest BCUT2D eigenvalue weighted by Gasteiger charge is -2.35. The molecule has 2 heterocycles. The fourth-order valence-electron chi connectivity index (χ4n) is 3.89. The number of hydrogen-bond donors (Lipinski definition) is 0. The van der Waals surface area contributed by atoms with Gasteiger partial charge < -0.3 is 14.4 Å². The second kappa shape index (κ2) is 8.73. The molecule has 9 nitrogen and oxygen atoms in total. The highest BCUT2D eigenvalue weighted by atomic mass is 32.2. The molecule has 0 unspecified atom stereocenters. The Morgan fingerprint density at radius 1 is 1.25 bits per heavy atom. The van der Waals surface area contributed by atoms with Crippen molar-refractivity contribution < 1.29 is 22.8 Å². The second-order valence-corrected chi connectivity index (χ2v) is 8.89. The number of nitro benzene ring substituents is 1. The van der Waals surface area contributed by atoms with Crippen molar-refractivity contribution >= 4 is 21.4 Å². The number of hydrogen-bond acceptors (Lipinski definition) is 7. The quantitative estimate of drug-likeness (QED) is 0.499. The van der Waals surface area contributed by atoms with Gasteiger partial charge in [0.25, 0.3) is 5.69 Å². The maximum atomic E-state index is 12.7. The minimum atomic E-state index is -3.76. The number of rotatable bonds is 7. The van der Waals surface area contributed by atoms with Crippen molar-refractivity contribution in [3.05, 3.63) is 28.3 Å². The predicted octanol–water partition coefficient (Wildman–Crippen LogP) is 2.21. The van der Waals surface area contributed by atoms with Crippen LogP contribution in [-0.4, -0.2) is 63.3 Å². The number of piperidine rings is 1. The molecule has 2 aliphatic heterocycles. The average molecular weight is 413 g/mol. The maximum absolute atomic E-state index is 12.7. The van der Waals surface area contributed by atoms with Gasteiger partial charge in [-0.2, -0.15) is 4.31 Å². The minimum absolute atomic E-state index is 0.0531. The molecule has 0 N–H and O–H groups in total. The van der Waals surface area contributed by atoms with E-state index in [1.165, 1.54) is 16.4 Å². The van der Waals surface area contributed by atoms with Crippen LogP contribution in [-0.2, 0) is 19.5 Å². The number of nitrogens with zero attached hydrogens (tertiary/aromatic N) is 3. The van der Waals surface area contributed by atoms with Crippen LogP contribution in [0.2, 0.25) is 0 Å². The molecule has 156 valence electrons. The van der Waals surface area contributed by atoms with E-state index in [-0.39, 0.29) is 22.8 Å². The molecule has 0 spiro atoms. The standard InChI is InChI=1S/C18H27N3O6S/c1-3-20(4-2)28(24,25)15-7-8-16(17(12-15)21(22)23)19-9-5-6-14(13-19)18-26-10-11-27-18/h7-8,12,14,18H,3-6,9-11,13H2,1-2H3/t14-/m1/s1. The third-order valence-electron chi connectivity index (χ3n) is 5.32. The normalized spacial score (nSPS) is 21.4. The van der Waals surface area contributed by atoms with E-state index in [1.807, 2.05) is 4.90 Å². The van der Waals surface area contributed by atoms with Gasteiger partial charge in [-0.05, 0) is 25.0 Å². The Morgan fingerprint density at radius 2 is 1.93 bits per heavy atom. The Labute approximate surface area is 165 Å². The van der Waals surface area contributed by atoms with E-state index in [0.717, 1.165) is 12.8 Å². The molecule has 2 fully saturated rings. The monoisotopic (exact) mass is 413 g/mol. The van der Waals surface area contributed by atoms with E-state index >= 15 is 0 Å². The van der Waals surface area contributed by atoms with E-state index < -0.39 is 14.9 Å². The van der Waals surface area contributed by atoms with Crippen LogP contribution in [0.3, 0.4) is 0 Å². The number of ether oxygens (including phenoxy) is 2. The fourth-order valence-corrected chi connectivity index (χ4v) is 5.37. The SMILES string of the molecule is CCN(CC)S(=O)(=O)c1ccc(N2CCC[C@@H](C3OCCO3)C2)c([N+](=O)[O-])c1. The van der Waals surface area contributed by atoms with Crippen molar-refractivity contribution in [3.63, 3.8) is 0 Å². The third kappa shape index (κ3) is 4.14. The van der Waals surface area contributed by atoms with Gasteiger partial charge in [-0.1, -0.05) is 13.8 Å². The Morgan fingerprint density at radius 3 is 2.54 bits per heavy atom. The van der Waals surface area contributed by atoms with Gasteiger partial charge in [0, 0.05) is 38.2 Å². The van der Waals surface area contributed by atoms with Gasteiger partial charge in [-0.15, -0.1) is 0 Å². The molecule has 1 atom stereocenters. The lowest BCUT2D eigenvalue weighted by molar-refractivity contribution is -0.384. The van der Waals surface area contributed by atoms with Crippen LogP contribution < -0.4 is 4.90 Å². The summed E-state index contributed by atoms with van der Waals surface area (Å²) >= 11 is 0. The first-order chi connectivity index (χ1) is 13.4. The van der Waals surface area contributed by atoms with E-state index in [4.69, 9.17) is 9.47 Å². The van der Waals surface area contributed by atoms with Crippen LogP contribution in [0.5, 0.6) is 0 Å². The van der Waals surface area contributed by atoms with Crippen molar-refractivity contribution in [2.24, 2.45) is 5.92 Å². The molecule has 1 aromatic rings. The van der Waals surface area contributed by atoms with Crippen LogP contribution in [0.4, 0.5) is 11.4 Å². The largest absolute Gasteiger partial charge is 0.366 e. The number of anilines is 1. The predicted molar refractivity (Wildman–Crippen MR) is 104 cm³/mol. The summed E-state index contributed by atoms with van der Waals surface area (Å²) in [5.41, 5.74) is 0.244.